The summed E-state index contributed by atoms with van der Waals surface area (Å²) in [5.41, 5.74) is 5.79. The van der Waals surface area contributed by atoms with Crippen LogP contribution in [0.4, 0.5) is 8.78 Å². The van der Waals surface area contributed by atoms with E-state index in [0.717, 1.165) is 4.90 Å². The van der Waals surface area contributed by atoms with Gasteiger partial charge in [0.25, 0.3) is 5.91 Å². The highest BCUT2D eigenvalue weighted by Crippen LogP contribution is 2.41. The molecule has 0 spiro atoms. The monoisotopic (exact) mass is 382 g/mol. The molecule has 1 unspecified atom stereocenters. The maximum Gasteiger partial charge on any atom is 0.266 e. The van der Waals surface area contributed by atoms with Crippen molar-refractivity contribution >= 4 is 11.9 Å². The van der Waals surface area contributed by atoms with E-state index in [1.807, 2.05) is 0 Å². The quantitative estimate of drug-likeness (QED) is 0.722. The van der Waals surface area contributed by atoms with Crippen LogP contribution < -0.4 is 5.73 Å². The predicted octanol–water partition coefficient (Wildman–Crippen LogP) is 2.11. The number of amides is 1. The maximum absolute atomic E-state index is 15.0. The highest BCUT2D eigenvalue weighted by atomic mass is 19.1. The Labute approximate surface area is 158 Å². The smallest absolute Gasteiger partial charge is 0.266 e. The van der Waals surface area contributed by atoms with E-state index >= 15 is 4.39 Å². The van der Waals surface area contributed by atoms with E-state index in [1.54, 1.807) is 18.3 Å². The lowest BCUT2D eigenvalue weighted by molar-refractivity contribution is -0.129. The molecule has 1 atom stereocenters. The standard InChI is InChI=1S/C19H16F2N6O/c1-27-17(28)19(25-18(27)22,12-4-6-23-13(9-12)10-20)14-8-11(2-3-15(14)21)16-5-7-24-26-16/h2-9H,10H2,1H3,(H2,22,25)(H,24,26). The largest absolute Gasteiger partial charge is 0.369 e. The topological polar surface area (TPSA) is 100 Å². The van der Waals surface area contributed by atoms with Crippen molar-refractivity contribution in [1.29, 1.82) is 0 Å². The molecule has 0 aliphatic carbocycles. The summed E-state index contributed by atoms with van der Waals surface area (Å²) >= 11 is 0. The first-order valence-corrected chi connectivity index (χ1v) is 8.42. The van der Waals surface area contributed by atoms with Crippen LogP contribution >= 0.6 is 0 Å². The minimum absolute atomic E-state index is 0.00732. The Kier molecular flexibility index (Phi) is 4.14. The zero-order valence-corrected chi connectivity index (χ0v) is 14.9. The minimum Gasteiger partial charge on any atom is -0.369 e. The molecule has 7 nitrogen and oxygen atoms in total. The summed E-state index contributed by atoms with van der Waals surface area (Å²) in [7, 11) is 1.46. The second-order valence-corrected chi connectivity index (χ2v) is 6.38. The van der Waals surface area contributed by atoms with Crippen LogP contribution in [-0.2, 0) is 17.0 Å². The lowest BCUT2D eigenvalue weighted by Crippen LogP contribution is -2.41. The molecule has 142 valence electrons. The molecule has 1 aromatic carbocycles. The average Bonchev–Trinajstić information content (AvgIpc) is 3.32. The van der Waals surface area contributed by atoms with Gasteiger partial charge >= 0.3 is 0 Å². The first-order chi connectivity index (χ1) is 13.5. The van der Waals surface area contributed by atoms with Crippen LogP contribution in [0, 0.1) is 5.82 Å². The molecule has 1 aliphatic heterocycles. The molecular weight excluding hydrogens is 366 g/mol. The summed E-state index contributed by atoms with van der Waals surface area (Å²) in [5, 5.41) is 6.70. The van der Waals surface area contributed by atoms with Crippen molar-refractivity contribution in [3.63, 3.8) is 0 Å². The van der Waals surface area contributed by atoms with Crippen LogP contribution in [0.15, 0.2) is 53.8 Å². The molecule has 0 bridgehead atoms. The van der Waals surface area contributed by atoms with Gasteiger partial charge in [-0.05, 0) is 42.0 Å². The lowest BCUT2D eigenvalue weighted by atomic mass is 9.81. The maximum atomic E-state index is 15.0. The van der Waals surface area contributed by atoms with Crippen LogP contribution in [0.3, 0.4) is 0 Å². The van der Waals surface area contributed by atoms with Gasteiger partial charge in [-0.15, -0.1) is 0 Å². The van der Waals surface area contributed by atoms with Gasteiger partial charge in [0.05, 0.1) is 11.4 Å². The molecule has 1 aliphatic rings. The Hall–Kier alpha value is -3.62. The van der Waals surface area contributed by atoms with Crippen molar-refractivity contribution in [1.82, 2.24) is 20.1 Å². The van der Waals surface area contributed by atoms with Crippen molar-refractivity contribution in [2.45, 2.75) is 12.2 Å². The Morgan fingerprint density at radius 3 is 2.68 bits per heavy atom. The summed E-state index contributed by atoms with van der Waals surface area (Å²) in [6.45, 7) is -0.830. The van der Waals surface area contributed by atoms with Crippen LogP contribution in [0.5, 0.6) is 0 Å². The molecule has 28 heavy (non-hydrogen) atoms. The minimum atomic E-state index is -1.77. The van der Waals surface area contributed by atoms with Crippen LogP contribution in [0.2, 0.25) is 0 Å². The second kappa shape index (κ2) is 6.52. The number of aromatic nitrogens is 3. The van der Waals surface area contributed by atoms with Gasteiger partial charge in [-0.1, -0.05) is 0 Å². The van der Waals surface area contributed by atoms with Crippen molar-refractivity contribution in [2.75, 3.05) is 7.05 Å². The van der Waals surface area contributed by atoms with Crippen molar-refractivity contribution in [3.8, 4) is 11.3 Å². The predicted molar refractivity (Wildman–Crippen MR) is 98.2 cm³/mol. The number of nitrogens with one attached hydrogen (secondary N) is 1. The van der Waals surface area contributed by atoms with Gasteiger partial charge in [0, 0.05) is 30.6 Å². The van der Waals surface area contributed by atoms with Crippen LogP contribution in [0.25, 0.3) is 11.3 Å². The van der Waals surface area contributed by atoms with Crippen LogP contribution in [-0.4, -0.2) is 39.0 Å². The molecule has 3 heterocycles. The van der Waals surface area contributed by atoms with E-state index in [2.05, 4.69) is 20.2 Å². The number of carbonyl (C=O) groups excluding carboxylic acids is 1. The van der Waals surface area contributed by atoms with Gasteiger partial charge in [-0.2, -0.15) is 5.10 Å². The number of rotatable bonds is 4. The fourth-order valence-electron chi connectivity index (χ4n) is 3.32. The molecule has 0 saturated heterocycles. The number of aliphatic imine (C=N–C) groups is 1. The molecule has 3 N–H and O–H groups in total. The molecule has 4 rings (SSSR count). The number of hydrogen-bond acceptors (Lipinski definition) is 5. The third-order valence-electron chi connectivity index (χ3n) is 4.78. The highest BCUT2D eigenvalue weighted by Gasteiger charge is 2.51. The van der Waals surface area contributed by atoms with Gasteiger partial charge in [-0.3, -0.25) is 19.8 Å². The van der Waals surface area contributed by atoms with Gasteiger partial charge < -0.3 is 5.73 Å². The third-order valence-corrected chi connectivity index (χ3v) is 4.78. The normalized spacial score (nSPS) is 19.2. The fraction of sp³-hybridized carbons (Fsp3) is 0.158. The Bertz CT molecular complexity index is 1080. The van der Waals surface area contributed by atoms with Gasteiger partial charge in [0.15, 0.2) is 11.5 Å². The summed E-state index contributed by atoms with van der Waals surface area (Å²) < 4.78 is 28.2. The summed E-state index contributed by atoms with van der Waals surface area (Å²) in [6, 6.07) is 8.97. The Morgan fingerprint density at radius 2 is 2.04 bits per heavy atom. The number of hydrogen-bond donors (Lipinski definition) is 2. The van der Waals surface area contributed by atoms with Crippen molar-refractivity contribution < 1.29 is 13.6 Å². The molecule has 0 saturated carbocycles. The van der Waals surface area contributed by atoms with E-state index in [9.17, 15) is 9.18 Å². The zero-order valence-electron chi connectivity index (χ0n) is 14.9. The van der Waals surface area contributed by atoms with E-state index in [4.69, 9.17) is 5.73 Å². The first kappa shape index (κ1) is 17.8. The molecule has 0 radical (unpaired) electrons. The summed E-state index contributed by atoms with van der Waals surface area (Å²) in [6.07, 6.45) is 2.93. The molecular formula is C19H16F2N6O. The number of benzene rings is 1. The van der Waals surface area contributed by atoms with Crippen LogP contribution in [0.1, 0.15) is 16.8 Å². The number of H-pyrrole nitrogens is 1. The highest BCUT2D eigenvalue weighted by molar-refractivity contribution is 6.09. The number of nitrogens with two attached hydrogens (primary N) is 1. The number of nitrogens with zero attached hydrogens (tertiary/aromatic N) is 4. The number of guanidine groups is 1. The fourth-order valence-corrected chi connectivity index (χ4v) is 3.32. The van der Waals surface area contributed by atoms with E-state index in [1.165, 1.54) is 37.5 Å². The zero-order chi connectivity index (χ0) is 19.9. The number of likely N-dealkylation sites (N-methyl/N-ethyl adjacent to an activating group) is 1. The molecule has 0 fully saturated rings. The lowest BCUT2D eigenvalue weighted by Gasteiger charge is -2.27. The molecule has 2 aromatic heterocycles. The number of alkyl halides is 1. The number of carbonyl (C=O) groups is 1. The number of aromatic amines is 1. The van der Waals surface area contributed by atoms with Gasteiger partial charge in [0.2, 0.25) is 0 Å². The summed E-state index contributed by atoms with van der Waals surface area (Å²) in [4.78, 5) is 22.6. The Morgan fingerprint density at radius 1 is 1.21 bits per heavy atom. The van der Waals surface area contributed by atoms with Crippen molar-refractivity contribution in [2.24, 2.45) is 10.7 Å². The van der Waals surface area contributed by atoms with Gasteiger partial charge in [0.1, 0.15) is 12.5 Å². The van der Waals surface area contributed by atoms with E-state index in [0.29, 0.717) is 11.3 Å². The van der Waals surface area contributed by atoms with E-state index in [-0.39, 0.29) is 22.8 Å². The summed E-state index contributed by atoms with van der Waals surface area (Å²) in [5.74, 6) is -1.24. The second-order valence-electron chi connectivity index (χ2n) is 6.38. The first-order valence-electron chi connectivity index (χ1n) is 8.42. The van der Waals surface area contributed by atoms with Crippen molar-refractivity contribution in [3.05, 3.63) is 71.4 Å². The average molecular weight is 382 g/mol. The van der Waals surface area contributed by atoms with Gasteiger partial charge in [-0.25, -0.2) is 13.8 Å². The SMILES string of the molecule is CN1C(=O)C(c2ccnc(CF)c2)(c2cc(-c3ccn[nH]3)ccc2F)N=C1N. The Balaban J connectivity index is 2.01. The number of halogens is 2. The van der Waals surface area contributed by atoms with E-state index < -0.39 is 23.9 Å². The molecule has 9 heteroatoms. The number of pyridine rings is 1. The molecule has 3 aromatic rings. The third kappa shape index (κ3) is 2.55. The molecule has 1 amide bonds.